The van der Waals surface area contributed by atoms with Crippen molar-refractivity contribution in [1.82, 2.24) is 5.32 Å². The lowest BCUT2D eigenvalue weighted by molar-refractivity contribution is -0.162. The molecule has 0 saturated carbocycles. The fraction of sp³-hybridized carbons (Fsp3) is 0.286. The third-order valence-corrected chi connectivity index (χ3v) is 3.72. The van der Waals surface area contributed by atoms with Crippen molar-refractivity contribution in [2.45, 2.75) is 32.2 Å². The summed E-state index contributed by atoms with van der Waals surface area (Å²) in [5.74, 6) is 0.154. The Bertz CT molecular complexity index is 817. The SMILES string of the molecule is COc1cc(/C=C/C(=O)NC(c2ccccc2)C(F)(F)F)ccc1OC(C)C. The van der Waals surface area contributed by atoms with Crippen molar-refractivity contribution >= 4 is 12.0 Å². The van der Waals surface area contributed by atoms with Crippen LogP contribution >= 0.6 is 0 Å². The van der Waals surface area contributed by atoms with Gasteiger partial charge >= 0.3 is 6.18 Å². The number of benzene rings is 2. The van der Waals surface area contributed by atoms with Crippen molar-refractivity contribution in [3.8, 4) is 11.5 Å². The maximum absolute atomic E-state index is 13.3. The van der Waals surface area contributed by atoms with Gasteiger partial charge in [0.25, 0.3) is 0 Å². The Kier molecular flexibility index (Phi) is 7.09. The highest BCUT2D eigenvalue weighted by Gasteiger charge is 2.41. The first-order valence-electron chi connectivity index (χ1n) is 8.65. The summed E-state index contributed by atoms with van der Waals surface area (Å²) in [5.41, 5.74) is 0.556. The van der Waals surface area contributed by atoms with Crippen molar-refractivity contribution in [2.75, 3.05) is 7.11 Å². The third kappa shape index (κ3) is 6.04. The molecular weight excluding hydrogens is 371 g/mol. The highest BCUT2D eigenvalue weighted by Crippen LogP contribution is 2.32. The van der Waals surface area contributed by atoms with Crippen LogP contribution in [0.2, 0.25) is 0 Å². The number of halogens is 3. The van der Waals surface area contributed by atoms with Crippen LogP contribution < -0.4 is 14.8 Å². The maximum atomic E-state index is 13.3. The van der Waals surface area contributed by atoms with Crippen LogP contribution in [-0.2, 0) is 4.79 Å². The smallest absolute Gasteiger partial charge is 0.412 e. The average molecular weight is 393 g/mol. The number of rotatable bonds is 7. The minimum absolute atomic E-state index is 0.0337. The number of amides is 1. The summed E-state index contributed by atoms with van der Waals surface area (Å²) in [7, 11) is 1.48. The number of carbonyl (C=O) groups excluding carboxylic acids is 1. The molecule has 1 amide bonds. The van der Waals surface area contributed by atoms with Crippen LogP contribution in [0.15, 0.2) is 54.6 Å². The first-order valence-corrected chi connectivity index (χ1v) is 8.65. The highest BCUT2D eigenvalue weighted by molar-refractivity contribution is 5.92. The zero-order chi connectivity index (χ0) is 20.7. The van der Waals surface area contributed by atoms with Gasteiger partial charge < -0.3 is 14.8 Å². The van der Waals surface area contributed by atoms with E-state index in [0.717, 1.165) is 6.08 Å². The van der Waals surface area contributed by atoms with Crippen molar-refractivity contribution < 1.29 is 27.4 Å². The summed E-state index contributed by atoms with van der Waals surface area (Å²) in [6.07, 6.45) is -2.18. The average Bonchev–Trinajstić information content (AvgIpc) is 2.64. The van der Waals surface area contributed by atoms with Crippen LogP contribution in [0.3, 0.4) is 0 Å². The molecule has 0 aliphatic heterocycles. The summed E-state index contributed by atoms with van der Waals surface area (Å²) in [5, 5.41) is 2.00. The summed E-state index contributed by atoms with van der Waals surface area (Å²) < 4.78 is 50.8. The van der Waals surface area contributed by atoms with Crippen LogP contribution in [0.25, 0.3) is 6.08 Å². The van der Waals surface area contributed by atoms with Crippen molar-refractivity contribution in [3.63, 3.8) is 0 Å². The van der Waals surface area contributed by atoms with E-state index in [2.05, 4.69) is 0 Å². The minimum Gasteiger partial charge on any atom is -0.493 e. The molecule has 0 bridgehead atoms. The van der Waals surface area contributed by atoms with E-state index in [4.69, 9.17) is 9.47 Å². The molecule has 0 spiro atoms. The first-order chi connectivity index (χ1) is 13.2. The predicted octanol–water partition coefficient (Wildman–Crippen LogP) is 4.92. The molecule has 0 heterocycles. The number of hydrogen-bond donors (Lipinski definition) is 1. The fourth-order valence-electron chi connectivity index (χ4n) is 2.50. The maximum Gasteiger partial charge on any atom is 0.412 e. The van der Waals surface area contributed by atoms with Crippen LogP contribution in [-0.4, -0.2) is 25.3 Å². The van der Waals surface area contributed by atoms with Crippen LogP contribution in [0.5, 0.6) is 11.5 Å². The number of alkyl halides is 3. The molecule has 0 radical (unpaired) electrons. The lowest BCUT2D eigenvalue weighted by Gasteiger charge is -2.21. The third-order valence-electron chi connectivity index (χ3n) is 3.72. The van der Waals surface area contributed by atoms with Crippen LogP contribution in [0.4, 0.5) is 13.2 Å². The van der Waals surface area contributed by atoms with E-state index in [-0.39, 0.29) is 11.7 Å². The van der Waals surface area contributed by atoms with E-state index in [9.17, 15) is 18.0 Å². The van der Waals surface area contributed by atoms with Gasteiger partial charge in [-0.25, -0.2) is 0 Å². The predicted molar refractivity (Wildman–Crippen MR) is 101 cm³/mol. The Morgan fingerprint density at radius 3 is 2.32 bits per heavy atom. The molecular formula is C21H22F3NO3. The minimum atomic E-state index is -4.61. The Hall–Kier alpha value is -2.96. The zero-order valence-electron chi connectivity index (χ0n) is 15.8. The summed E-state index contributed by atoms with van der Waals surface area (Å²) in [6.45, 7) is 3.75. The Morgan fingerprint density at radius 1 is 1.07 bits per heavy atom. The van der Waals surface area contributed by atoms with E-state index in [0.29, 0.717) is 17.1 Å². The molecule has 7 heteroatoms. The number of carbonyl (C=O) groups is 1. The summed E-state index contributed by atoms with van der Waals surface area (Å²) in [6, 6.07) is 10.1. The van der Waals surface area contributed by atoms with E-state index in [1.165, 1.54) is 37.5 Å². The van der Waals surface area contributed by atoms with Crippen molar-refractivity contribution in [2.24, 2.45) is 0 Å². The van der Waals surface area contributed by atoms with Gasteiger partial charge in [-0.2, -0.15) is 13.2 Å². The largest absolute Gasteiger partial charge is 0.493 e. The Morgan fingerprint density at radius 2 is 1.75 bits per heavy atom. The van der Waals surface area contributed by atoms with E-state index in [1.54, 1.807) is 24.3 Å². The number of hydrogen-bond acceptors (Lipinski definition) is 3. The molecule has 0 aliphatic carbocycles. The van der Waals surface area contributed by atoms with Gasteiger partial charge in [-0.05, 0) is 43.2 Å². The molecule has 0 aromatic heterocycles. The fourth-order valence-corrected chi connectivity index (χ4v) is 2.50. The number of nitrogens with one attached hydrogen (secondary N) is 1. The molecule has 150 valence electrons. The second-order valence-electron chi connectivity index (χ2n) is 6.30. The lowest BCUT2D eigenvalue weighted by atomic mass is 10.1. The second kappa shape index (κ2) is 9.30. The van der Waals surface area contributed by atoms with Crippen LogP contribution in [0.1, 0.15) is 31.0 Å². The van der Waals surface area contributed by atoms with E-state index >= 15 is 0 Å². The number of methoxy groups -OCH3 is 1. The molecule has 4 nitrogen and oxygen atoms in total. The van der Waals surface area contributed by atoms with Crippen LogP contribution in [0, 0.1) is 0 Å². The van der Waals surface area contributed by atoms with Gasteiger partial charge in [0.2, 0.25) is 5.91 Å². The normalized spacial score (nSPS) is 12.8. The molecule has 2 aromatic rings. The molecule has 2 aromatic carbocycles. The molecule has 28 heavy (non-hydrogen) atoms. The zero-order valence-corrected chi connectivity index (χ0v) is 15.8. The highest BCUT2D eigenvalue weighted by atomic mass is 19.4. The molecule has 1 atom stereocenters. The van der Waals surface area contributed by atoms with Gasteiger partial charge in [-0.15, -0.1) is 0 Å². The molecule has 0 fully saturated rings. The first kappa shape index (κ1) is 21.3. The van der Waals surface area contributed by atoms with Gasteiger partial charge in [0.1, 0.15) is 0 Å². The summed E-state index contributed by atoms with van der Waals surface area (Å²) >= 11 is 0. The number of ether oxygens (including phenoxy) is 2. The Balaban J connectivity index is 2.14. The molecule has 2 rings (SSSR count). The van der Waals surface area contributed by atoms with Crippen molar-refractivity contribution in [1.29, 1.82) is 0 Å². The summed E-state index contributed by atoms with van der Waals surface area (Å²) in [4.78, 5) is 12.1. The second-order valence-corrected chi connectivity index (χ2v) is 6.30. The van der Waals surface area contributed by atoms with Gasteiger partial charge in [0.15, 0.2) is 17.5 Å². The van der Waals surface area contributed by atoms with Gasteiger partial charge in [0.05, 0.1) is 13.2 Å². The monoisotopic (exact) mass is 393 g/mol. The lowest BCUT2D eigenvalue weighted by Crippen LogP contribution is -2.37. The van der Waals surface area contributed by atoms with Gasteiger partial charge in [0, 0.05) is 6.08 Å². The van der Waals surface area contributed by atoms with Gasteiger partial charge in [-0.3, -0.25) is 4.79 Å². The molecule has 0 aliphatic rings. The molecule has 1 unspecified atom stereocenters. The van der Waals surface area contributed by atoms with Gasteiger partial charge in [-0.1, -0.05) is 36.4 Å². The van der Waals surface area contributed by atoms with Crippen molar-refractivity contribution in [3.05, 3.63) is 65.7 Å². The standard InChI is InChI=1S/C21H22F3NO3/c1-14(2)28-17-11-9-15(13-18(17)27-3)10-12-19(26)25-20(21(22,23)24)16-7-5-4-6-8-16/h4-14,20H,1-3H3,(H,25,26)/b12-10+. The Labute approximate surface area is 162 Å². The molecule has 0 saturated heterocycles. The molecule has 1 N–H and O–H groups in total. The van der Waals surface area contributed by atoms with E-state index in [1.807, 2.05) is 19.2 Å². The quantitative estimate of drug-likeness (QED) is 0.680. The van der Waals surface area contributed by atoms with E-state index < -0.39 is 18.1 Å². The topological polar surface area (TPSA) is 47.6 Å².